The molecule has 6 heteroatoms. The Hall–Kier alpha value is -2.57. The van der Waals surface area contributed by atoms with Crippen LogP contribution < -0.4 is 0 Å². The summed E-state index contributed by atoms with van der Waals surface area (Å²) in [6, 6.07) is 15.7. The van der Waals surface area contributed by atoms with Crippen molar-refractivity contribution in [3.8, 4) is 11.1 Å². The topological polar surface area (TPSA) is 50.3 Å². The Morgan fingerprint density at radius 3 is 2.57 bits per heavy atom. The van der Waals surface area contributed by atoms with Crippen molar-refractivity contribution in [2.45, 2.75) is 22.6 Å². The number of fused-ring (bicyclic) bond motifs is 3. The molecule has 142 valence electrons. The molecule has 2 aromatic carbocycles. The van der Waals surface area contributed by atoms with E-state index in [9.17, 15) is 12.8 Å². The average molecular weight is 394 g/mol. The fourth-order valence-electron chi connectivity index (χ4n) is 4.43. The molecule has 0 unspecified atom stereocenters. The van der Waals surface area contributed by atoms with Crippen LogP contribution in [0.15, 0.2) is 71.9 Å². The molecule has 0 amide bonds. The molecule has 1 aromatic heterocycles. The van der Waals surface area contributed by atoms with Crippen molar-refractivity contribution in [3.05, 3.63) is 83.9 Å². The second-order valence-electron chi connectivity index (χ2n) is 7.50. The average Bonchev–Trinajstić information content (AvgIpc) is 3.21. The van der Waals surface area contributed by atoms with Crippen LogP contribution >= 0.6 is 0 Å². The van der Waals surface area contributed by atoms with E-state index in [-0.39, 0.29) is 11.7 Å². The summed E-state index contributed by atoms with van der Waals surface area (Å²) in [4.78, 5) is 6.79. The molecule has 0 spiro atoms. The molecule has 0 bridgehead atoms. The molecule has 1 fully saturated rings. The molecule has 0 aliphatic carbocycles. The van der Waals surface area contributed by atoms with Crippen LogP contribution in [0.1, 0.15) is 17.0 Å². The molecular formula is C22H19FN2O2S. The second kappa shape index (κ2) is 6.50. The molecule has 0 saturated carbocycles. The lowest BCUT2D eigenvalue weighted by molar-refractivity contribution is 0.325. The number of aromatic nitrogens is 1. The molecule has 2 aliphatic heterocycles. The Labute approximate surface area is 163 Å². The Balaban J connectivity index is 1.48. The molecule has 3 aromatic rings. The van der Waals surface area contributed by atoms with Gasteiger partial charge < -0.3 is 0 Å². The number of rotatable bonds is 3. The van der Waals surface area contributed by atoms with Crippen molar-refractivity contribution < 1.29 is 12.8 Å². The van der Waals surface area contributed by atoms with E-state index < -0.39 is 15.1 Å². The minimum absolute atomic E-state index is 0.0305. The van der Waals surface area contributed by atoms with E-state index in [4.69, 9.17) is 0 Å². The number of halogens is 1. The van der Waals surface area contributed by atoms with E-state index in [1.807, 2.05) is 30.5 Å². The minimum Gasteiger partial charge on any atom is -0.297 e. The van der Waals surface area contributed by atoms with Gasteiger partial charge in [0.2, 0.25) is 0 Å². The van der Waals surface area contributed by atoms with Crippen LogP contribution in [0.4, 0.5) is 4.39 Å². The largest absolute Gasteiger partial charge is 0.297 e. The summed E-state index contributed by atoms with van der Waals surface area (Å²) in [6.45, 7) is 1.93. The quantitative estimate of drug-likeness (QED) is 0.681. The Bertz CT molecular complexity index is 1130. The lowest BCUT2D eigenvalue weighted by Gasteiger charge is -2.17. The summed E-state index contributed by atoms with van der Waals surface area (Å²) in [6.07, 6.45) is 3.56. The van der Waals surface area contributed by atoms with Crippen LogP contribution in [0.5, 0.6) is 0 Å². The molecular weight excluding hydrogens is 375 g/mol. The van der Waals surface area contributed by atoms with Crippen molar-refractivity contribution in [1.82, 2.24) is 9.88 Å². The van der Waals surface area contributed by atoms with Crippen LogP contribution in [0.2, 0.25) is 0 Å². The van der Waals surface area contributed by atoms with E-state index in [0.29, 0.717) is 24.5 Å². The fourth-order valence-corrected chi connectivity index (χ4v) is 6.62. The number of hydrogen-bond donors (Lipinski definition) is 0. The number of nitrogens with zero attached hydrogens (tertiary/aromatic N) is 2. The van der Waals surface area contributed by atoms with Crippen LogP contribution in [-0.4, -0.2) is 36.6 Å². The van der Waals surface area contributed by atoms with Gasteiger partial charge in [0.15, 0.2) is 9.84 Å². The predicted molar refractivity (Wildman–Crippen MR) is 105 cm³/mol. The maximum absolute atomic E-state index is 13.2. The van der Waals surface area contributed by atoms with Gasteiger partial charge in [-0.25, -0.2) is 12.8 Å². The van der Waals surface area contributed by atoms with E-state index in [0.717, 1.165) is 22.3 Å². The van der Waals surface area contributed by atoms with Gasteiger partial charge in [-0.1, -0.05) is 24.3 Å². The molecule has 2 atom stereocenters. The zero-order valence-electron chi connectivity index (χ0n) is 15.1. The van der Waals surface area contributed by atoms with Gasteiger partial charge in [-0.3, -0.25) is 9.88 Å². The van der Waals surface area contributed by atoms with Gasteiger partial charge in [0.25, 0.3) is 0 Å². The summed E-state index contributed by atoms with van der Waals surface area (Å²) >= 11 is 0. The first-order valence-electron chi connectivity index (χ1n) is 9.27. The van der Waals surface area contributed by atoms with Gasteiger partial charge in [0, 0.05) is 37.9 Å². The summed E-state index contributed by atoms with van der Waals surface area (Å²) in [7, 11) is -3.33. The van der Waals surface area contributed by atoms with Crippen molar-refractivity contribution in [2.75, 3.05) is 13.1 Å². The van der Waals surface area contributed by atoms with Crippen molar-refractivity contribution in [1.29, 1.82) is 0 Å². The predicted octanol–water partition coefficient (Wildman–Crippen LogP) is 3.64. The van der Waals surface area contributed by atoms with Crippen LogP contribution in [-0.2, 0) is 16.4 Å². The third-order valence-electron chi connectivity index (χ3n) is 5.76. The van der Waals surface area contributed by atoms with E-state index in [1.54, 1.807) is 24.4 Å². The van der Waals surface area contributed by atoms with Crippen LogP contribution in [0.3, 0.4) is 0 Å². The van der Waals surface area contributed by atoms with Gasteiger partial charge in [-0.2, -0.15) is 0 Å². The lowest BCUT2D eigenvalue weighted by Crippen LogP contribution is -2.25. The number of pyridine rings is 1. The molecule has 1 saturated heterocycles. The highest BCUT2D eigenvalue weighted by atomic mass is 32.2. The monoisotopic (exact) mass is 394 g/mol. The standard InChI is InChI=1S/C22H19FN2O2S/c23-18-6-3-16(4-7-18)17-5-8-21-19(10-17)20-13-25(14-22(20)28(21,26)27)12-15-2-1-9-24-11-15/h1-11,20,22H,12-14H2/t20-,22+/m1/s1. The van der Waals surface area contributed by atoms with Gasteiger partial charge in [0.05, 0.1) is 10.1 Å². The van der Waals surface area contributed by atoms with E-state index in [2.05, 4.69) is 9.88 Å². The first-order chi connectivity index (χ1) is 13.5. The summed E-state index contributed by atoms with van der Waals surface area (Å²) in [5.41, 5.74) is 3.77. The zero-order valence-corrected chi connectivity index (χ0v) is 15.9. The number of sulfone groups is 1. The van der Waals surface area contributed by atoms with E-state index in [1.165, 1.54) is 12.1 Å². The van der Waals surface area contributed by atoms with Crippen LogP contribution in [0.25, 0.3) is 11.1 Å². The highest BCUT2D eigenvalue weighted by Gasteiger charge is 2.50. The van der Waals surface area contributed by atoms with Crippen molar-refractivity contribution >= 4 is 9.84 Å². The van der Waals surface area contributed by atoms with Crippen molar-refractivity contribution in [3.63, 3.8) is 0 Å². The Morgan fingerprint density at radius 2 is 1.82 bits per heavy atom. The Kier molecular flexibility index (Phi) is 4.07. The molecule has 4 nitrogen and oxygen atoms in total. The first kappa shape index (κ1) is 17.5. The number of benzene rings is 2. The normalized spacial score (nSPS) is 22.8. The molecule has 5 rings (SSSR count). The highest BCUT2D eigenvalue weighted by molar-refractivity contribution is 7.92. The second-order valence-corrected chi connectivity index (χ2v) is 9.64. The summed E-state index contributed by atoms with van der Waals surface area (Å²) in [5.74, 6) is -0.313. The van der Waals surface area contributed by atoms with Crippen LogP contribution in [0, 0.1) is 5.82 Å². The Morgan fingerprint density at radius 1 is 1.04 bits per heavy atom. The van der Waals surface area contributed by atoms with Gasteiger partial charge >= 0.3 is 0 Å². The third-order valence-corrected chi connectivity index (χ3v) is 8.02. The molecule has 3 heterocycles. The number of likely N-dealkylation sites (tertiary alicyclic amines) is 1. The third kappa shape index (κ3) is 2.84. The maximum Gasteiger partial charge on any atom is 0.183 e. The minimum atomic E-state index is -3.33. The summed E-state index contributed by atoms with van der Waals surface area (Å²) < 4.78 is 39.4. The lowest BCUT2D eigenvalue weighted by atomic mass is 9.94. The fraction of sp³-hybridized carbons (Fsp3) is 0.227. The molecule has 0 N–H and O–H groups in total. The SMILES string of the molecule is O=S1(=O)c2ccc(-c3ccc(F)cc3)cc2[C@H]2CN(Cc3cccnc3)C[C@@H]21. The van der Waals surface area contributed by atoms with E-state index >= 15 is 0 Å². The van der Waals surface area contributed by atoms with Crippen molar-refractivity contribution in [2.24, 2.45) is 0 Å². The maximum atomic E-state index is 13.2. The zero-order chi connectivity index (χ0) is 19.3. The highest BCUT2D eigenvalue weighted by Crippen LogP contribution is 2.46. The summed E-state index contributed by atoms with van der Waals surface area (Å²) in [5, 5.41) is -0.400. The number of hydrogen-bond acceptors (Lipinski definition) is 4. The first-order valence-corrected chi connectivity index (χ1v) is 10.8. The molecule has 2 aliphatic rings. The van der Waals surface area contributed by atoms with Gasteiger partial charge in [-0.05, 0) is 52.6 Å². The molecule has 28 heavy (non-hydrogen) atoms. The van der Waals surface area contributed by atoms with Gasteiger partial charge in [0.1, 0.15) is 5.82 Å². The molecule has 0 radical (unpaired) electrons. The van der Waals surface area contributed by atoms with Gasteiger partial charge in [-0.15, -0.1) is 0 Å². The smallest absolute Gasteiger partial charge is 0.183 e.